The highest BCUT2D eigenvalue weighted by Crippen LogP contribution is 2.13. The van der Waals surface area contributed by atoms with Crippen LogP contribution in [0.3, 0.4) is 0 Å². The summed E-state index contributed by atoms with van der Waals surface area (Å²) in [4.78, 5) is 24.2. The number of aryl methyl sites for hydroxylation is 1. The molecule has 0 bridgehead atoms. The Morgan fingerprint density at radius 3 is 2.69 bits per heavy atom. The summed E-state index contributed by atoms with van der Waals surface area (Å²) in [5.74, 6) is -0.151. The molecule has 0 saturated carbocycles. The Labute approximate surface area is 153 Å². The second kappa shape index (κ2) is 8.49. The van der Waals surface area contributed by atoms with Crippen molar-refractivity contribution in [1.82, 2.24) is 16.0 Å². The molecule has 0 aliphatic carbocycles. The van der Waals surface area contributed by atoms with E-state index in [2.05, 4.69) is 21.3 Å². The van der Waals surface area contributed by atoms with E-state index in [1.165, 1.54) is 0 Å². The standard InChI is InChI=1S/C20H24N4O2/c1-14-5-7-16(8-6-14)19(25)23-17-4-2-3-15(11-17)12-22-20(26)24-18-9-10-21-13-18/h2-8,11,18,21H,9-10,12-13H2,1H3,(H,23,25)(H2,22,24,26). The fourth-order valence-corrected chi connectivity index (χ4v) is 2.86. The number of hydrogen-bond donors (Lipinski definition) is 4. The quantitative estimate of drug-likeness (QED) is 0.667. The summed E-state index contributed by atoms with van der Waals surface area (Å²) in [7, 11) is 0. The molecular weight excluding hydrogens is 328 g/mol. The second-order valence-corrected chi connectivity index (χ2v) is 6.54. The van der Waals surface area contributed by atoms with Crippen LogP contribution in [0.1, 0.15) is 27.9 Å². The van der Waals surface area contributed by atoms with Gasteiger partial charge in [-0.25, -0.2) is 4.79 Å². The molecule has 136 valence electrons. The first-order valence-corrected chi connectivity index (χ1v) is 8.82. The molecule has 1 aliphatic heterocycles. The first-order valence-electron chi connectivity index (χ1n) is 8.82. The highest BCUT2D eigenvalue weighted by Gasteiger charge is 2.16. The minimum absolute atomic E-state index is 0.151. The molecule has 2 aromatic carbocycles. The SMILES string of the molecule is Cc1ccc(C(=O)Nc2cccc(CNC(=O)NC3CCNC3)c2)cc1. The van der Waals surface area contributed by atoms with Gasteiger partial charge in [0.05, 0.1) is 0 Å². The lowest BCUT2D eigenvalue weighted by atomic mass is 10.1. The van der Waals surface area contributed by atoms with E-state index in [0.717, 1.165) is 30.6 Å². The molecule has 6 nitrogen and oxygen atoms in total. The molecule has 4 N–H and O–H groups in total. The predicted octanol–water partition coefficient (Wildman–Crippen LogP) is 2.41. The van der Waals surface area contributed by atoms with E-state index in [1.807, 2.05) is 43.3 Å². The highest BCUT2D eigenvalue weighted by atomic mass is 16.2. The Hall–Kier alpha value is -2.86. The molecule has 0 radical (unpaired) electrons. The van der Waals surface area contributed by atoms with Gasteiger partial charge in [-0.15, -0.1) is 0 Å². The Balaban J connectivity index is 1.53. The molecule has 3 rings (SSSR count). The summed E-state index contributed by atoms with van der Waals surface area (Å²) < 4.78 is 0. The molecule has 1 heterocycles. The minimum Gasteiger partial charge on any atom is -0.334 e. The number of benzene rings is 2. The average Bonchev–Trinajstić information content (AvgIpc) is 3.14. The van der Waals surface area contributed by atoms with Crippen LogP contribution >= 0.6 is 0 Å². The monoisotopic (exact) mass is 352 g/mol. The van der Waals surface area contributed by atoms with Crippen LogP contribution in [-0.2, 0) is 6.54 Å². The summed E-state index contributed by atoms with van der Waals surface area (Å²) in [6.45, 7) is 4.14. The molecule has 6 heteroatoms. The van der Waals surface area contributed by atoms with Crippen LogP contribution in [0.4, 0.5) is 10.5 Å². The van der Waals surface area contributed by atoms with Crippen molar-refractivity contribution in [1.29, 1.82) is 0 Å². The third-order valence-corrected chi connectivity index (χ3v) is 4.35. The van der Waals surface area contributed by atoms with Gasteiger partial charge in [0.2, 0.25) is 0 Å². The first-order chi connectivity index (χ1) is 12.6. The molecule has 0 spiro atoms. The van der Waals surface area contributed by atoms with Crippen LogP contribution in [0.15, 0.2) is 48.5 Å². The van der Waals surface area contributed by atoms with Crippen molar-refractivity contribution in [3.63, 3.8) is 0 Å². The van der Waals surface area contributed by atoms with E-state index in [1.54, 1.807) is 12.1 Å². The molecule has 1 unspecified atom stereocenters. The second-order valence-electron chi connectivity index (χ2n) is 6.54. The third-order valence-electron chi connectivity index (χ3n) is 4.35. The van der Waals surface area contributed by atoms with E-state index in [0.29, 0.717) is 17.8 Å². The number of urea groups is 1. The number of anilines is 1. The van der Waals surface area contributed by atoms with Gasteiger partial charge in [0.15, 0.2) is 0 Å². The molecule has 1 aliphatic rings. The normalized spacial score (nSPS) is 16.1. The lowest BCUT2D eigenvalue weighted by molar-refractivity contribution is 0.102. The predicted molar refractivity (Wildman–Crippen MR) is 102 cm³/mol. The van der Waals surface area contributed by atoms with E-state index >= 15 is 0 Å². The maximum atomic E-state index is 12.3. The van der Waals surface area contributed by atoms with Gasteiger partial charge in [-0.3, -0.25) is 4.79 Å². The zero-order valence-electron chi connectivity index (χ0n) is 14.8. The van der Waals surface area contributed by atoms with Crippen molar-refractivity contribution < 1.29 is 9.59 Å². The number of nitrogens with one attached hydrogen (secondary N) is 4. The highest BCUT2D eigenvalue weighted by molar-refractivity contribution is 6.04. The zero-order chi connectivity index (χ0) is 18.4. The molecule has 0 aromatic heterocycles. The first kappa shape index (κ1) is 17.9. The van der Waals surface area contributed by atoms with Crippen molar-refractivity contribution in [2.45, 2.75) is 25.9 Å². The number of rotatable bonds is 5. The van der Waals surface area contributed by atoms with E-state index in [4.69, 9.17) is 0 Å². The van der Waals surface area contributed by atoms with Crippen molar-refractivity contribution in [2.75, 3.05) is 18.4 Å². The Morgan fingerprint density at radius 1 is 1.15 bits per heavy atom. The summed E-state index contributed by atoms with van der Waals surface area (Å²) in [5, 5.41) is 11.9. The van der Waals surface area contributed by atoms with E-state index in [9.17, 15) is 9.59 Å². The lowest BCUT2D eigenvalue weighted by Crippen LogP contribution is -2.42. The summed E-state index contributed by atoms with van der Waals surface area (Å²) in [5.41, 5.74) is 3.35. The van der Waals surface area contributed by atoms with Gasteiger partial charge >= 0.3 is 6.03 Å². The zero-order valence-corrected chi connectivity index (χ0v) is 14.8. The van der Waals surface area contributed by atoms with Crippen molar-refractivity contribution >= 4 is 17.6 Å². The van der Waals surface area contributed by atoms with Gasteiger partial charge < -0.3 is 21.3 Å². The Morgan fingerprint density at radius 2 is 1.96 bits per heavy atom. The number of carbonyl (C=O) groups excluding carboxylic acids is 2. The van der Waals surface area contributed by atoms with Crippen LogP contribution in [0.5, 0.6) is 0 Å². The van der Waals surface area contributed by atoms with Crippen molar-refractivity contribution in [3.8, 4) is 0 Å². The molecule has 1 fully saturated rings. The topological polar surface area (TPSA) is 82.3 Å². The molecular formula is C20H24N4O2. The van der Waals surface area contributed by atoms with Crippen LogP contribution in [-0.4, -0.2) is 31.1 Å². The van der Waals surface area contributed by atoms with Crippen molar-refractivity contribution in [2.24, 2.45) is 0 Å². The fraction of sp³-hybridized carbons (Fsp3) is 0.300. The van der Waals surface area contributed by atoms with Crippen LogP contribution in [0.25, 0.3) is 0 Å². The lowest BCUT2D eigenvalue weighted by Gasteiger charge is -2.13. The maximum Gasteiger partial charge on any atom is 0.315 e. The van der Waals surface area contributed by atoms with Gasteiger partial charge in [-0.05, 0) is 49.7 Å². The van der Waals surface area contributed by atoms with Gasteiger partial charge in [0, 0.05) is 30.4 Å². The number of carbonyl (C=O) groups is 2. The smallest absolute Gasteiger partial charge is 0.315 e. The molecule has 26 heavy (non-hydrogen) atoms. The summed E-state index contributed by atoms with van der Waals surface area (Å²) in [6, 6.07) is 14.9. The van der Waals surface area contributed by atoms with Gasteiger partial charge in [-0.2, -0.15) is 0 Å². The van der Waals surface area contributed by atoms with Gasteiger partial charge in [-0.1, -0.05) is 29.8 Å². The fourth-order valence-electron chi connectivity index (χ4n) is 2.86. The third kappa shape index (κ3) is 5.07. The van der Waals surface area contributed by atoms with E-state index in [-0.39, 0.29) is 18.0 Å². The molecule has 2 aromatic rings. The largest absolute Gasteiger partial charge is 0.334 e. The molecule has 1 saturated heterocycles. The number of hydrogen-bond acceptors (Lipinski definition) is 3. The average molecular weight is 352 g/mol. The molecule has 1 atom stereocenters. The molecule has 3 amide bonds. The van der Waals surface area contributed by atoms with Crippen LogP contribution < -0.4 is 21.3 Å². The van der Waals surface area contributed by atoms with E-state index < -0.39 is 0 Å². The Kier molecular flexibility index (Phi) is 5.86. The maximum absolute atomic E-state index is 12.3. The van der Waals surface area contributed by atoms with Crippen LogP contribution in [0, 0.1) is 6.92 Å². The van der Waals surface area contributed by atoms with Crippen molar-refractivity contribution in [3.05, 3.63) is 65.2 Å². The van der Waals surface area contributed by atoms with Gasteiger partial charge in [0.25, 0.3) is 5.91 Å². The summed E-state index contributed by atoms with van der Waals surface area (Å²) in [6.07, 6.45) is 0.952. The Bertz CT molecular complexity index is 768. The summed E-state index contributed by atoms with van der Waals surface area (Å²) >= 11 is 0. The van der Waals surface area contributed by atoms with Gasteiger partial charge in [0.1, 0.15) is 0 Å². The minimum atomic E-state index is -0.173. The van der Waals surface area contributed by atoms with Crippen LogP contribution in [0.2, 0.25) is 0 Å². The number of amides is 3.